The number of imidazole rings is 1. The van der Waals surface area contributed by atoms with Gasteiger partial charge in [0.25, 0.3) is 0 Å². The minimum Gasteiger partial charge on any atom is -0.399 e. The van der Waals surface area contributed by atoms with Crippen LogP contribution in [0.25, 0.3) is 45.0 Å². The second-order valence-corrected chi connectivity index (χ2v) is 8.19. The smallest absolute Gasteiger partial charge is 0.141 e. The van der Waals surface area contributed by atoms with Crippen LogP contribution in [0, 0.1) is 0 Å². The van der Waals surface area contributed by atoms with Gasteiger partial charge in [0, 0.05) is 28.9 Å². The normalized spacial score (nSPS) is 10.6. The van der Waals surface area contributed by atoms with Gasteiger partial charge in [0.2, 0.25) is 0 Å². The molecule has 3 nitrogen and oxygen atoms in total. The van der Waals surface area contributed by atoms with E-state index in [2.05, 4.69) is 96.4 Å². The molecule has 5 aromatic rings. The summed E-state index contributed by atoms with van der Waals surface area (Å²) < 4.78 is 2.38. The molecule has 0 saturated carbocycles. The summed E-state index contributed by atoms with van der Waals surface area (Å²) >= 11 is 0. The number of hydrogen-bond acceptors (Lipinski definition) is 2. The van der Waals surface area contributed by atoms with Crippen LogP contribution in [0.15, 0.2) is 109 Å². The number of anilines is 1. The van der Waals surface area contributed by atoms with Crippen LogP contribution in [0.4, 0.5) is 5.69 Å². The molecule has 1 heterocycles. The molecule has 3 heteroatoms. The largest absolute Gasteiger partial charge is 0.399 e. The van der Waals surface area contributed by atoms with Gasteiger partial charge in [0.1, 0.15) is 5.82 Å². The van der Waals surface area contributed by atoms with Crippen LogP contribution >= 0.6 is 0 Å². The van der Waals surface area contributed by atoms with Crippen molar-refractivity contribution in [3.05, 3.63) is 109 Å². The molecule has 2 N–H and O–H groups in total. The second kappa shape index (κ2) is 10.2. The third-order valence-corrected chi connectivity index (χ3v) is 5.87. The lowest BCUT2D eigenvalue weighted by atomic mass is 9.98. The van der Waals surface area contributed by atoms with Crippen molar-refractivity contribution >= 4 is 5.69 Å². The van der Waals surface area contributed by atoms with E-state index in [0.29, 0.717) is 0 Å². The Balaban J connectivity index is 0.00000274. The van der Waals surface area contributed by atoms with Crippen molar-refractivity contribution in [1.82, 2.24) is 9.55 Å². The third-order valence-electron chi connectivity index (χ3n) is 5.87. The van der Waals surface area contributed by atoms with Crippen LogP contribution in [-0.4, -0.2) is 9.55 Å². The molecule has 0 saturated heterocycles. The lowest BCUT2D eigenvalue weighted by Gasteiger charge is -2.15. The molecule has 0 aliphatic carbocycles. The van der Waals surface area contributed by atoms with Gasteiger partial charge in [-0.05, 0) is 29.7 Å². The van der Waals surface area contributed by atoms with Crippen molar-refractivity contribution in [3.8, 4) is 45.0 Å². The maximum Gasteiger partial charge on any atom is 0.141 e. The van der Waals surface area contributed by atoms with E-state index < -0.39 is 0 Å². The molecule has 0 radical (unpaired) electrons. The van der Waals surface area contributed by atoms with Gasteiger partial charge in [0.15, 0.2) is 0 Å². The van der Waals surface area contributed by atoms with E-state index in [0.717, 1.165) is 58.1 Å². The zero-order valence-electron chi connectivity index (χ0n) is 18.8. The van der Waals surface area contributed by atoms with Gasteiger partial charge in [-0.15, -0.1) is 0 Å². The van der Waals surface area contributed by atoms with Crippen molar-refractivity contribution in [2.75, 3.05) is 5.73 Å². The first kappa shape index (κ1) is 23.1. The number of nitrogen functional groups attached to an aromatic ring is 1. The van der Waals surface area contributed by atoms with E-state index in [1.54, 1.807) is 0 Å². The zero-order chi connectivity index (χ0) is 22.6. The minimum atomic E-state index is 0. The number of hydrogen-bond donors (Lipinski definition) is 1. The summed E-state index contributed by atoms with van der Waals surface area (Å²) in [4.78, 5) is 5.29. The number of nitrogens with zero attached hydrogens (tertiary/aromatic N) is 2. The number of benzene rings is 4. The Morgan fingerprint density at radius 2 is 1.26 bits per heavy atom. The molecular weight excluding hydrogens is 414 g/mol. The zero-order valence-corrected chi connectivity index (χ0v) is 18.8. The van der Waals surface area contributed by atoms with E-state index in [4.69, 9.17) is 10.7 Å². The summed E-state index contributed by atoms with van der Waals surface area (Å²) in [5, 5.41) is 0. The van der Waals surface area contributed by atoms with Crippen molar-refractivity contribution in [1.29, 1.82) is 0 Å². The third kappa shape index (κ3) is 4.38. The SMILES string of the molecule is C.CCCn1c(-c2ccccc2-c2cccc(N)c2)nc(-c2ccccc2)c1-c1ccccc1. The van der Waals surface area contributed by atoms with E-state index >= 15 is 0 Å². The van der Waals surface area contributed by atoms with Gasteiger partial charge in [-0.2, -0.15) is 0 Å². The van der Waals surface area contributed by atoms with Gasteiger partial charge in [0.05, 0.1) is 11.4 Å². The van der Waals surface area contributed by atoms with E-state index in [1.165, 1.54) is 5.56 Å². The highest BCUT2D eigenvalue weighted by Gasteiger charge is 2.22. The molecule has 5 rings (SSSR count). The maximum absolute atomic E-state index is 6.12. The molecule has 170 valence electrons. The second-order valence-electron chi connectivity index (χ2n) is 8.19. The predicted molar refractivity (Wildman–Crippen MR) is 145 cm³/mol. The van der Waals surface area contributed by atoms with Gasteiger partial charge in [-0.25, -0.2) is 4.98 Å². The Labute approximate surface area is 202 Å². The summed E-state index contributed by atoms with van der Waals surface area (Å²) in [6.07, 6.45) is 1.01. The quantitative estimate of drug-likeness (QED) is 0.268. The molecule has 0 atom stereocenters. The molecule has 34 heavy (non-hydrogen) atoms. The predicted octanol–water partition coefficient (Wildman–Crippen LogP) is 8.18. The van der Waals surface area contributed by atoms with E-state index in [-0.39, 0.29) is 7.43 Å². The molecule has 0 bridgehead atoms. The maximum atomic E-state index is 6.12. The Hall–Kier alpha value is -4.11. The minimum absolute atomic E-state index is 0. The monoisotopic (exact) mass is 445 g/mol. The standard InChI is InChI=1S/C30H27N3.CH4/c1-2-20-33-29(23-14-7-4-8-15-23)28(22-12-5-3-6-13-22)32-30(33)27-19-10-9-18-26(27)24-16-11-17-25(31)21-24;/h3-19,21H,2,20,31H2,1H3;1H4. The van der Waals surface area contributed by atoms with Crippen LogP contribution in [0.3, 0.4) is 0 Å². The average Bonchev–Trinajstić information content (AvgIpc) is 3.24. The summed E-state index contributed by atoms with van der Waals surface area (Å²) in [6.45, 7) is 3.09. The number of rotatable bonds is 6. The van der Waals surface area contributed by atoms with Crippen LogP contribution in [-0.2, 0) is 6.54 Å². The van der Waals surface area contributed by atoms with Crippen molar-refractivity contribution < 1.29 is 0 Å². The van der Waals surface area contributed by atoms with Crippen molar-refractivity contribution in [2.24, 2.45) is 0 Å². The van der Waals surface area contributed by atoms with Crippen LogP contribution < -0.4 is 5.73 Å². The van der Waals surface area contributed by atoms with Crippen LogP contribution in [0.2, 0.25) is 0 Å². The molecule has 0 fully saturated rings. The highest BCUT2D eigenvalue weighted by atomic mass is 15.1. The highest BCUT2D eigenvalue weighted by molar-refractivity contribution is 5.87. The fourth-order valence-corrected chi connectivity index (χ4v) is 4.42. The summed E-state index contributed by atoms with van der Waals surface area (Å²) in [6, 6.07) is 37.6. The van der Waals surface area contributed by atoms with E-state index in [1.807, 2.05) is 24.3 Å². The van der Waals surface area contributed by atoms with E-state index in [9.17, 15) is 0 Å². The van der Waals surface area contributed by atoms with Gasteiger partial charge in [-0.3, -0.25) is 0 Å². The van der Waals surface area contributed by atoms with Gasteiger partial charge in [-0.1, -0.05) is 111 Å². The van der Waals surface area contributed by atoms with Crippen LogP contribution in [0.1, 0.15) is 20.8 Å². The molecule has 0 amide bonds. The Morgan fingerprint density at radius 3 is 1.91 bits per heavy atom. The molecule has 0 spiro atoms. The topological polar surface area (TPSA) is 43.8 Å². The lowest BCUT2D eigenvalue weighted by molar-refractivity contribution is 0.691. The summed E-state index contributed by atoms with van der Waals surface area (Å²) in [7, 11) is 0. The first-order chi connectivity index (χ1) is 16.3. The highest BCUT2D eigenvalue weighted by Crippen LogP contribution is 2.39. The lowest BCUT2D eigenvalue weighted by Crippen LogP contribution is -2.03. The molecule has 0 aliphatic rings. The molecule has 0 aliphatic heterocycles. The van der Waals surface area contributed by atoms with Gasteiger partial charge < -0.3 is 10.3 Å². The van der Waals surface area contributed by atoms with Crippen molar-refractivity contribution in [3.63, 3.8) is 0 Å². The number of nitrogens with two attached hydrogens (primary N) is 1. The fourth-order valence-electron chi connectivity index (χ4n) is 4.42. The summed E-state index contributed by atoms with van der Waals surface area (Å²) in [5.41, 5.74) is 14.7. The fraction of sp³-hybridized carbons (Fsp3) is 0.129. The Morgan fingerprint density at radius 1 is 0.676 bits per heavy atom. The van der Waals surface area contributed by atoms with Crippen molar-refractivity contribution in [2.45, 2.75) is 27.3 Å². The molecule has 4 aromatic carbocycles. The summed E-state index contributed by atoms with van der Waals surface area (Å²) in [5.74, 6) is 0.979. The van der Waals surface area contributed by atoms with Crippen LogP contribution in [0.5, 0.6) is 0 Å². The first-order valence-corrected chi connectivity index (χ1v) is 11.4. The Kier molecular flexibility index (Phi) is 6.93. The number of aromatic nitrogens is 2. The van der Waals surface area contributed by atoms with Gasteiger partial charge >= 0.3 is 0 Å². The molecular formula is C31H31N3. The molecule has 0 unspecified atom stereocenters. The average molecular weight is 446 g/mol. The molecule has 1 aromatic heterocycles. The first-order valence-electron chi connectivity index (χ1n) is 11.4. The Bertz CT molecular complexity index is 1370.